The van der Waals surface area contributed by atoms with Crippen molar-refractivity contribution in [2.45, 2.75) is 50.1 Å². The van der Waals surface area contributed by atoms with Crippen molar-refractivity contribution in [3.8, 4) is 11.6 Å². The van der Waals surface area contributed by atoms with E-state index in [4.69, 9.17) is 9.47 Å². The van der Waals surface area contributed by atoms with Crippen LogP contribution in [0, 0.1) is 0 Å². The fourth-order valence-corrected chi connectivity index (χ4v) is 4.03. The molecule has 2 heterocycles. The van der Waals surface area contributed by atoms with E-state index in [9.17, 15) is 30.6 Å². The monoisotopic (exact) mass is 460 g/mol. The first-order valence-corrected chi connectivity index (χ1v) is 10.8. The highest BCUT2D eigenvalue weighted by molar-refractivity contribution is 5.88. The molecule has 1 fully saturated rings. The molecule has 1 aliphatic rings. The Morgan fingerprint density at radius 3 is 2.39 bits per heavy atom. The smallest absolute Gasteiger partial charge is 0.243 e. The first-order valence-electron chi connectivity index (χ1n) is 10.8. The summed E-state index contributed by atoms with van der Waals surface area (Å²) in [5.74, 6) is 0.338. The van der Waals surface area contributed by atoms with Crippen molar-refractivity contribution in [2.24, 2.45) is 0 Å². The minimum atomic E-state index is -1.57. The van der Waals surface area contributed by atoms with Crippen LogP contribution in [0.1, 0.15) is 11.1 Å². The summed E-state index contributed by atoms with van der Waals surface area (Å²) in [4.78, 5) is 0. The average Bonchev–Trinajstić information content (AvgIpc) is 3.17. The van der Waals surface area contributed by atoms with Crippen molar-refractivity contribution < 1.29 is 40.1 Å². The van der Waals surface area contributed by atoms with E-state index >= 15 is 0 Å². The summed E-state index contributed by atoms with van der Waals surface area (Å²) in [6, 6.07) is 12.6. The van der Waals surface area contributed by atoms with E-state index < -0.39 is 37.3 Å². The van der Waals surface area contributed by atoms with E-state index in [2.05, 4.69) is 5.10 Å². The summed E-state index contributed by atoms with van der Waals surface area (Å²) in [7, 11) is 0. The number of nitrogens with zero attached hydrogens (tertiary/aromatic N) is 2. The third-order valence-electron chi connectivity index (χ3n) is 5.84. The second kappa shape index (κ2) is 10.0. The first kappa shape index (κ1) is 23.4. The van der Waals surface area contributed by atoms with Gasteiger partial charge in [0, 0.05) is 0 Å². The SMILES string of the molecule is OCCn1nc(OC2O[C@H](CO)[C@@H](O)[C@H](O)[C@H]2O)c2c(CCc3ccc(O)cc3)cccc21. The third-order valence-corrected chi connectivity index (χ3v) is 5.84. The maximum absolute atomic E-state index is 10.4. The lowest BCUT2D eigenvalue weighted by Crippen LogP contribution is -2.60. The molecule has 0 spiro atoms. The Bertz CT molecular complexity index is 1070. The van der Waals surface area contributed by atoms with Gasteiger partial charge in [0.25, 0.3) is 0 Å². The molecule has 0 amide bonds. The number of phenols is 1. The van der Waals surface area contributed by atoms with Gasteiger partial charge in [-0.25, -0.2) is 0 Å². The Balaban J connectivity index is 1.66. The molecule has 3 aromatic rings. The first-order chi connectivity index (χ1) is 15.9. The summed E-state index contributed by atoms with van der Waals surface area (Å²) in [5.41, 5.74) is 2.65. The lowest BCUT2D eigenvalue weighted by atomic mass is 9.99. The van der Waals surface area contributed by atoms with Crippen molar-refractivity contribution in [1.29, 1.82) is 0 Å². The topological polar surface area (TPSA) is 158 Å². The molecule has 0 bridgehead atoms. The minimum Gasteiger partial charge on any atom is -0.508 e. The molecule has 0 saturated carbocycles. The number of phenolic OH excluding ortho intramolecular Hbond substituents is 1. The Labute approximate surface area is 189 Å². The Kier molecular flexibility index (Phi) is 7.13. The highest BCUT2D eigenvalue weighted by Gasteiger charge is 2.45. The van der Waals surface area contributed by atoms with Crippen LogP contribution in [0.4, 0.5) is 0 Å². The molecule has 178 valence electrons. The maximum atomic E-state index is 10.4. The standard InChI is InChI=1S/C23H28N2O8/c26-11-10-25-16-3-1-2-14(7-4-13-5-8-15(28)9-6-13)18(16)22(24-25)33-23-21(31)20(30)19(29)17(12-27)32-23/h1-3,5-6,8-9,17,19-21,23,26-31H,4,7,10-12H2/t17-,19-,20+,21-,23?/m1/s1. The van der Waals surface area contributed by atoms with Gasteiger partial charge in [-0.3, -0.25) is 4.68 Å². The Hall–Kier alpha value is -2.73. The van der Waals surface area contributed by atoms with Gasteiger partial charge in [-0.05, 0) is 42.2 Å². The van der Waals surface area contributed by atoms with Gasteiger partial charge in [0.1, 0.15) is 30.2 Å². The summed E-state index contributed by atoms with van der Waals surface area (Å²) >= 11 is 0. The second-order valence-electron chi connectivity index (χ2n) is 8.04. The number of hydrogen-bond acceptors (Lipinski definition) is 9. The highest BCUT2D eigenvalue weighted by Crippen LogP contribution is 2.32. The molecule has 1 aliphatic heterocycles. The molecule has 0 aliphatic carbocycles. The largest absolute Gasteiger partial charge is 0.508 e. The summed E-state index contributed by atoms with van der Waals surface area (Å²) in [6.07, 6.45) is -5.79. The number of aliphatic hydroxyl groups is 5. The van der Waals surface area contributed by atoms with Crippen LogP contribution in [0.2, 0.25) is 0 Å². The normalized spacial score (nSPS) is 25.4. The molecule has 10 heteroatoms. The molecule has 6 N–H and O–H groups in total. The number of ether oxygens (including phenoxy) is 2. The van der Waals surface area contributed by atoms with Crippen LogP contribution in [0.3, 0.4) is 0 Å². The molecule has 1 saturated heterocycles. The lowest BCUT2D eigenvalue weighted by molar-refractivity contribution is -0.278. The molecule has 2 aromatic carbocycles. The Morgan fingerprint density at radius 2 is 1.70 bits per heavy atom. The molecule has 10 nitrogen and oxygen atoms in total. The molecule has 1 aromatic heterocycles. The van der Waals surface area contributed by atoms with Gasteiger partial charge < -0.3 is 40.1 Å². The fraction of sp³-hybridized carbons (Fsp3) is 0.435. The van der Waals surface area contributed by atoms with E-state index in [0.29, 0.717) is 23.7 Å². The van der Waals surface area contributed by atoms with Crippen LogP contribution in [-0.4, -0.2) is 84.3 Å². The zero-order chi connectivity index (χ0) is 23.5. The minimum absolute atomic E-state index is 0.143. The third kappa shape index (κ3) is 4.81. The van der Waals surface area contributed by atoms with Gasteiger partial charge in [-0.2, -0.15) is 0 Å². The van der Waals surface area contributed by atoms with Crippen LogP contribution in [0.15, 0.2) is 42.5 Å². The van der Waals surface area contributed by atoms with Crippen molar-refractivity contribution in [3.05, 3.63) is 53.6 Å². The number of rotatable bonds is 8. The summed E-state index contributed by atoms with van der Waals surface area (Å²) in [6.45, 7) is -0.494. The van der Waals surface area contributed by atoms with Crippen molar-refractivity contribution in [3.63, 3.8) is 0 Å². The van der Waals surface area contributed by atoms with Crippen LogP contribution in [0.25, 0.3) is 10.9 Å². The van der Waals surface area contributed by atoms with Crippen molar-refractivity contribution in [1.82, 2.24) is 9.78 Å². The predicted molar refractivity (Wildman–Crippen MR) is 117 cm³/mol. The van der Waals surface area contributed by atoms with Gasteiger partial charge in [0.15, 0.2) is 0 Å². The molecule has 4 rings (SSSR count). The quantitative estimate of drug-likeness (QED) is 0.265. The molecule has 0 radical (unpaired) electrons. The number of benzene rings is 2. The molecular formula is C23H28N2O8. The number of aryl methyl sites for hydroxylation is 2. The van der Waals surface area contributed by atoms with Gasteiger partial charge in [0.05, 0.1) is 30.7 Å². The second-order valence-corrected chi connectivity index (χ2v) is 8.04. The number of aliphatic hydroxyl groups excluding tert-OH is 5. The van der Waals surface area contributed by atoms with Gasteiger partial charge in [-0.15, -0.1) is 5.10 Å². The van der Waals surface area contributed by atoms with E-state index in [1.807, 2.05) is 30.3 Å². The number of hydrogen-bond donors (Lipinski definition) is 6. The predicted octanol–water partition coefficient (Wildman–Crippen LogP) is -0.302. The Morgan fingerprint density at radius 1 is 0.939 bits per heavy atom. The molecular weight excluding hydrogens is 432 g/mol. The fourth-order valence-electron chi connectivity index (χ4n) is 4.03. The summed E-state index contributed by atoms with van der Waals surface area (Å²) in [5, 5.41) is 64.0. The van der Waals surface area contributed by atoms with Gasteiger partial charge in [0.2, 0.25) is 12.2 Å². The van der Waals surface area contributed by atoms with Gasteiger partial charge >= 0.3 is 0 Å². The van der Waals surface area contributed by atoms with E-state index in [1.165, 1.54) is 0 Å². The molecule has 1 unspecified atom stereocenters. The zero-order valence-electron chi connectivity index (χ0n) is 17.9. The van der Waals surface area contributed by atoms with Crippen molar-refractivity contribution in [2.75, 3.05) is 13.2 Å². The zero-order valence-corrected chi connectivity index (χ0v) is 17.9. The molecule has 33 heavy (non-hydrogen) atoms. The molecule has 5 atom stereocenters. The van der Waals surface area contributed by atoms with Crippen molar-refractivity contribution >= 4 is 10.9 Å². The van der Waals surface area contributed by atoms with Crippen LogP contribution in [-0.2, 0) is 24.1 Å². The maximum Gasteiger partial charge on any atom is 0.243 e. The van der Waals surface area contributed by atoms with E-state index in [-0.39, 0.29) is 24.8 Å². The number of aromatic nitrogens is 2. The van der Waals surface area contributed by atoms with Crippen LogP contribution in [0.5, 0.6) is 11.6 Å². The van der Waals surface area contributed by atoms with E-state index in [1.54, 1.807) is 16.8 Å². The van der Waals surface area contributed by atoms with Gasteiger partial charge in [-0.1, -0.05) is 24.3 Å². The summed E-state index contributed by atoms with van der Waals surface area (Å²) < 4.78 is 12.9. The average molecular weight is 460 g/mol. The number of fused-ring (bicyclic) bond motifs is 1. The van der Waals surface area contributed by atoms with E-state index in [0.717, 1.165) is 11.1 Å². The van der Waals surface area contributed by atoms with Crippen LogP contribution >= 0.6 is 0 Å². The highest BCUT2D eigenvalue weighted by atomic mass is 16.7. The van der Waals surface area contributed by atoms with Crippen LogP contribution < -0.4 is 4.74 Å². The number of aromatic hydroxyl groups is 1. The lowest BCUT2D eigenvalue weighted by Gasteiger charge is -2.39.